The third-order valence-corrected chi connectivity index (χ3v) is 3.88. The highest BCUT2D eigenvalue weighted by atomic mass is 16.7. The zero-order valence-electron chi connectivity index (χ0n) is 14.9. The zero-order chi connectivity index (χ0) is 19.3. The summed E-state index contributed by atoms with van der Waals surface area (Å²) >= 11 is 0. The normalized spacial score (nSPS) is 12.8. The van der Waals surface area contributed by atoms with Gasteiger partial charge in [0.1, 0.15) is 12.3 Å². The van der Waals surface area contributed by atoms with E-state index in [1.165, 1.54) is 6.26 Å². The van der Waals surface area contributed by atoms with Crippen LogP contribution in [0.3, 0.4) is 0 Å². The van der Waals surface area contributed by atoms with Gasteiger partial charge in [0.05, 0.1) is 12.0 Å². The van der Waals surface area contributed by atoms with Gasteiger partial charge in [0, 0.05) is 11.6 Å². The highest BCUT2D eigenvalue weighted by Gasteiger charge is 2.15. The Kier molecular flexibility index (Phi) is 4.96. The maximum absolute atomic E-state index is 11.8. The van der Waals surface area contributed by atoms with Crippen molar-refractivity contribution < 1.29 is 32.8 Å². The van der Waals surface area contributed by atoms with Crippen LogP contribution in [0.25, 0.3) is 11.5 Å². The summed E-state index contributed by atoms with van der Waals surface area (Å²) in [5.41, 5.74) is 1.84. The summed E-state index contributed by atoms with van der Waals surface area (Å²) in [7, 11) is 0. The van der Waals surface area contributed by atoms with Crippen LogP contribution in [0.1, 0.15) is 18.2 Å². The van der Waals surface area contributed by atoms with Crippen molar-refractivity contribution in [2.75, 3.05) is 13.4 Å². The minimum absolute atomic E-state index is 0.0444. The van der Waals surface area contributed by atoms with E-state index < -0.39 is 5.97 Å². The number of ether oxygens (including phenoxy) is 3. The van der Waals surface area contributed by atoms with Crippen LogP contribution < -0.4 is 9.47 Å². The first-order valence-electron chi connectivity index (χ1n) is 8.41. The van der Waals surface area contributed by atoms with Gasteiger partial charge in [-0.1, -0.05) is 10.3 Å². The molecule has 144 valence electrons. The lowest BCUT2D eigenvalue weighted by Crippen LogP contribution is -2.11. The molecule has 0 unspecified atom stereocenters. The fraction of sp³-hybridized carbons (Fsp3) is 0.211. The average Bonchev–Trinajstić information content (AvgIpc) is 3.46. The molecule has 9 nitrogen and oxygen atoms in total. The van der Waals surface area contributed by atoms with E-state index in [1.54, 1.807) is 37.3 Å². The fourth-order valence-electron chi connectivity index (χ4n) is 2.47. The molecular formula is C19H16N2O7. The van der Waals surface area contributed by atoms with Crippen LogP contribution >= 0.6 is 0 Å². The van der Waals surface area contributed by atoms with Crippen LogP contribution in [0.5, 0.6) is 11.5 Å². The van der Waals surface area contributed by atoms with Gasteiger partial charge in [0.2, 0.25) is 19.2 Å². The summed E-state index contributed by atoms with van der Waals surface area (Å²) in [6.07, 6.45) is 1.53. The topological polar surface area (TPSA) is 106 Å². The summed E-state index contributed by atoms with van der Waals surface area (Å²) in [5.74, 6) is 1.75. The van der Waals surface area contributed by atoms with Gasteiger partial charge in [-0.3, -0.25) is 0 Å². The molecule has 0 bridgehead atoms. The van der Waals surface area contributed by atoms with E-state index in [9.17, 15) is 4.79 Å². The molecular weight excluding hydrogens is 368 g/mol. The quantitative estimate of drug-likeness (QED) is 0.347. The van der Waals surface area contributed by atoms with Gasteiger partial charge in [-0.15, -0.1) is 0 Å². The molecule has 0 atom stereocenters. The second-order valence-corrected chi connectivity index (χ2v) is 5.84. The monoisotopic (exact) mass is 384 g/mol. The van der Waals surface area contributed by atoms with Crippen molar-refractivity contribution in [2.45, 2.75) is 13.5 Å². The summed E-state index contributed by atoms with van der Waals surface area (Å²) in [6, 6.07) is 10.5. The highest BCUT2D eigenvalue weighted by molar-refractivity contribution is 5.99. The number of aromatic nitrogens is 1. The van der Waals surface area contributed by atoms with Crippen molar-refractivity contribution in [3.8, 4) is 23.0 Å². The minimum atomic E-state index is -0.579. The lowest BCUT2D eigenvalue weighted by atomic mass is 10.1. The third-order valence-electron chi connectivity index (χ3n) is 3.88. The first-order chi connectivity index (χ1) is 13.7. The molecule has 0 spiro atoms. The molecule has 1 aliphatic rings. The molecule has 1 aliphatic heterocycles. The van der Waals surface area contributed by atoms with E-state index in [2.05, 4.69) is 10.3 Å². The van der Waals surface area contributed by atoms with Gasteiger partial charge in [-0.05, 0) is 37.3 Å². The number of oxime groups is 1. The molecule has 4 rings (SSSR count). The minimum Gasteiger partial charge on any atom is -0.461 e. The molecule has 0 aliphatic carbocycles. The van der Waals surface area contributed by atoms with Crippen molar-refractivity contribution in [3.05, 3.63) is 53.9 Å². The Balaban J connectivity index is 1.25. The summed E-state index contributed by atoms with van der Waals surface area (Å²) in [6.45, 7) is 1.59. The molecule has 3 heterocycles. The smallest absolute Gasteiger partial charge is 0.347 e. The molecule has 2 aromatic heterocycles. The average molecular weight is 384 g/mol. The summed E-state index contributed by atoms with van der Waals surface area (Å²) in [5, 5.41) is 7.74. The van der Waals surface area contributed by atoms with Gasteiger partial charge in [0.15, 0.2) is 17.3 Å². The van der Waals surface area contributed by atoms with Gasteiger partial charge in [-0.2, -0.15) is 0 Å². The van der Waals surface area contributed by atoms with E-state index in [1.807, 2.05) is 6.07 Å². The van der Waals surface area contributed by atoms with Gasteiger partial charge in [-0.25, -0.2) is 4.79 Å². The molecule has 3 aromatic rings. The van der Waals surface area contributed by atoms with Crippen molar-refractivity contribution in [1.82, 2.24) is 5.16 Å². The van der Waals surface area contributed by atoms with Crippen LogP contribution in [0.2, 0.25) is 0 Å². The Bertz CT molecular complexity index is 992. The molecule has 1 aromatic carbocycles. The van der Waals surface area contributed by atoms with Crippen LogP contribution in [0.15, 0.2) is 56.8 Å². The number of furan rings is 1. The Morgan fingerprint density at radius 3 is 2.93 bits per heavy atom. The zero-order valence-corrected chi connectivity index (χ0v) is 14.9. The predicted octanol–water partition coefficient (Wildman–Crippen LogP) is 3.15. The van der Waals surface area contributed by atoms with E-state index in [-0.39, 0.29) is 20.0 Å². The Morgan fingerprint density at radius 2 is 2.07 bits per heavy atom. The van der Waals surface area contributed by atoms with Gasteiger partial charge < -0.3 is 28.0 Å². The first-order valence-corrected chi connectivity index (χ1v) is 8.41. The van der Waals surface area contributed by atoms with E-state index in [4.69, 9.17) is 28.0 Å². The van der Waals surface area contributed by atoms with Crippen LogP contribution in [-0.2, 0) is 21.0 Å². The number of rotatable bonds is 7. The van der Waals surface area contributed by atoms with Crippen LogP contribution in [-0.4, -0.2) is 30.2 Å². The van der Waals surface area contributed by atoms with Crippen molar-refractivity contribution in [3.63, 3.8) is 0 Å². The lowest BCUT2D eigenvalue weighted by molar-refractivity contribution is -0.150. The third kappa shape index (κ3) is 3.98. The molecule has 0 saturated carbocycles. The molecule has 28 heavy (non-hydrogen) atoms. The standard InChI is InChI=1S/C19H16N2O7/c1-12(13-4-5-16-17(7-13)26-11-25-16)20-27-10-19(22)24-9-14-8-18(28-21-14)15-3-2-6-23-15/h2-8H,9-11H2,1H3/b20-12+. The first kappa shape index (κ1) is 17.7. The molecule has 0 saturated heterocycles. The molecule has 0 amide bonds. The Morgan fingerprint density at radius 1 is 1.18 bits per heavy atom. The van der Waals surface area contributed by atoms with E-state index in [0.717, 1.165) is 5.56 Å². The van der Waals surface area contributed by atoms with Gasteiger partial charge >= 0.3 is 5.97 Å². The van der Waals surface area contributed by atoms with Crippen molar-refractivity contribution in [2.24, 2.45) is 5.16 Å². The number of hydrogen-bond donors (Lipinski definition) is 0. The lowest BCUT2D eigenvalue weighted by Gasteiger charge is -2.04. The second-order valence-electron chi connectivity index (χ2n) is 5.84. The number of benzene rings is 1. The predicted molar refractivity (Wildman–Crippen MR) is 94.7 cm³/mol. The molecule has 0 radical (unpaired) electrons. The Hall–Kier alpha value is -3.75. The molecule has 0 fully saturated rings. The maximum atomic E-state index is 11.8. The summed E-state index contributed by atoms with van der Waals surface area (Å²) in [4.78, 5) is 16.9. The highest BCUT2D eigenvalue weighted by Crippen LogP contribution is 2.32. The van der Waals surface area contributed by atoms with Crippen LogP contribution in [0.4, 0.5) is 0 Å². The Labute approximate surface area is 159 Å². The maximum Gasteiger partial charge on any atom is 0.347 e. The SMILES string of the molecule is C/C(=N\OCC(=O)OCc1cc(-c2ccco2)on1)c1ccc2c(c1)OCO2. The van der Waals surface area contributed by atoms with E-state index >= 15 is 0 Å². The number of carbonyl (C=O) groups excluding carboxylic acids is 1. The van der Waals surface area contributed by atoms with Gasteiger partial charge in [0.25, 0.3) is 0 Å². The number of hydrogen-bond acceptors (Lipinski definition) is 9. The summed E-state index contributed by atoms with van der Waals surface area (Å²) < 4.78 is 26.0. The number of nitrogens with zero attached hydrogens (tertiary/aromatic N) is 2. The molecule has 9 heteroatoms. The second kappa shape index (κ2) is 7.87. The van der Waals surface area contributed by atoms with Crippen LogP contribution in [0, 0.1) is 0 Å². The number of esters is 1. The van der Waals surface area contributed by atoms with Crippen molar-refractivity contribution in [1.29, 1.82) is 0 Å². The fourth-order valence-corrected chi connectivity index (χ4v) is 2.47. The molecule has 0 N–H and O–H groups in total. The number of carbonyl (C=O) groups is 1. The van der Waals surface area contributed by atoms with E-state index in [0.29, 0.717) is 34.4 Å². The van der Waals surface area contributed by atoms with Crippen molar-refractivity contribution >= 4 is 11.7 Å². The largest absolute Gasteiger partial charge is 0.461 e. The number of fused-ring (bicyclic) bond motifs is 1.